The number of carbonyl (C=O) groups excluding carboxylic acids is 4. The lowest BCUT2D eigenvalue weighted by atomic mass is 9.51. The van der Waals surface area contributed by atoms with E-state index in [0.29, 0.717) is 16.5 Å². The van der Waals surface area contributed by atoms with E-state index in [-0.39, 0.29) is 35.0 Å². The summed E-state index contributed by atoms with van der Waals surface area (Å²) in [7, 11) is 0. The second-order valence-corrected chi connectivity index (χ2v) is 13.9. The number of carboxylic acids is 1. The number of aromatic hydroxyl groups is 2. The number of hydrogen-bond donors (Lipinski definition) is 3. The summed E-state index contributed by atoms with van der Waals surface area (Å²) in [5.74, 6) is -9.44. The van der Waals surface area contributed by atoms with Crippen molar-refractivity contribution in [1.29, 1.82) is 0 Å². The van der Waals surface area contributed by atoms with E-state index in [1.54, 1.807) is 25.1 Å². The lowest BCUT2D eigenvalue weighted by molar-refractivity contribution is -0.131. The molecular weight excluding hydrogens is 667 g/mol. The molecule has 2 saturated heterocycles. The summed E-state index contributed by atoms with van der Waals surface area (Å²) in [6, 6.07) is 17.7. The van der Waals surface area contributed by atoms with E-state index < -0.39 is 81.7 Å². The number of halogens is 2. The van der Waals surface area contributed by atoms with E-state index in [4.69, 9.17) is 11.6 Å². The summed E-state index contributed by atoms with van der Waals surface area (Å²) in [6.07, 6.45) is 1.99. The molecule has 3 fully saturated rings. The van der Waals surface area contributed by atoms with Crippen molar-refractivity contribution in [2.75, 3.05) is 9.80 Å². The molecule has 2 heterocycles. The number of carbonyl (C=O) groups is 5. The predicted octanol–water partition coefficient (Wildman–Crippen LogP) is 6.18. The third-order valence-electron chi connectivity index (χ3n) is 11.1. The number of phenolic OH excluding ortho intramolecular Hbond substituents is 1. The van der Waals surface area contributed by atoms with Crippen LogP contribution >= 0.6 is 11.6 Å². The van der Waals surface area contributed by atoms with Gasteiger partial charge in [0.2, 0.25) is 23.6 Å². The maximum atomic E-state index is 14.7. The van der Waals surface area contributed by atoms with Gasteiger partial charge in [-0.1, -0.05) is 59.6 Å². The van der Waals surface area contributed by atoms with Gasteiger partial charge < -0.3 is 15.3 Å². The number of anilines is 2. The van der Waals surface area contributed by atoms with Gasteiger partial charge in [0, 0.05) is 22.9 Å². The van der Waals surface area contributed by atoms with Gasteiger partial charge in [-0.3, -0.25) is 19.2 Å². The van der Waals surface area contributed by atoms with E-state index in [1.165, 1.54) is 18.2 Å². The summed E-state index contributed by atoms with van der Waals surface area (Å²) < 4.78 is 14.2. The number of nitrogens with zero attached hydrogens (tertiary/aromatic N) is 2. The quantitative estimate of drug-likeness (QED) is 0.169. The van der Waals surface area contributed by atoms with Crippen molar-refractivity contribution in [2.24, 2.45) is 29.1 Å². The van der Waals surface area contributed by atoms with E-state index in [0.717, 1.165) is 33.4 Å². The molecule has 2 aliphatic heterocycles. The number of rotatable bonds is 4. The molecule has 6 atom stereocenters. The summed E-state index contributed by atoms with van der Waals surface area (Å²) in [5, 5.41) is 32.5. The Hall–Kier alpha value is -5.55. The van der Waals surface area contributed by atoms with Crippen LogP contribution in [0.5, 0.6) is 11.5 Å². The van der Waals surface area contributed by atoms with Crippen LogP contribution in [0, 0.1) is 34.9 Å². The highest BCUT2D eigenvalue weighted by Crippen LogP contribution is 2.65. The molecule has 4 aromatic carbocycles. The molecule has 4 amide bonds. The Labute approximate surface area is 289 Å². The van der Waals surface area contributed by atoms with Crippen LogP contribution in [0.4, 0.5) is 15.8 Å². The first-order valence-electron chi connectivity index (χ1n) is 16.0. The van der Waals surface area contributed by atoms with E-state index in [2.05, 4.69) is 0 Å². The fourth-order valence-corrected chi connectivity index (χ4v) is 9.00. The van der Waals surface area contributed by atoms with Gasteiger partial charge >= 0.3 is 5.97 Å². The van der Waals surface area contributed by atoms with Crippen molar-refractivity contribution in [3.05, 3.63) is 106 Å². The second kappa shape index (κ2) is 11.0. The normalized spacial score (nSPS) is 27.3. The summed E-state index contributed by atoms with van der Waals surface area (Å²) in [6.45, 7) is 1.67. The van der Waals surface area contributed by atoms with Crippen molar-refractivity contribution in [3.8, 4) is 11.5 Å². The highest BCUT2D eigenvalue weighted by molar-refractivity contribution is 6.32. The van der Waals surface area contributed by atoms with Crippen molar-refractivity contribution in [1.82, 2.24) is 0 Å². The first-order chi connectivity index (χ1) is 23.8. The molecule has 3 N–H and O–H groups in total. The van der Waals surface area contributed by atoms with Gasteiger partial charge in [-0.15, -0.1) is 0 Å². The van der Waals surface area contributed by atoms with Crippen LogP contribution in [0.15, 0.2) is 84.4 Å². The van der Waals surface area contributed by atoms with Crippen LogP contribution in [0.25, 0.3) is 10.8 Å². The molecule has 8 rings (SSSR count). The smallest absolute Gasteiger partial charge is 0.339 e. The summed E-state index contributed by atoms with van der Waals surface area (Å²) in [4.78, 5) is 70.7. The molecule has 12 heteroatoms. The Morgan fingerprint density at radius 2 is 1.60 bits per heavy atom. The zero-order chi connectivity index (χ0) is 35.4. The van der Waals surface area contributed by atoms with Gasteiger partial charge in [0.15, 0.2) is 0 Å². The molecule has 0 bridgehead atoms. The zero-order valence-electron chi connectivity index (χ0n) is 26.3. The van der Waals surface area contributed by atoms with Crippen molar-refractivity contribution in [3.63, 3.8) is 0 Å². The highest BCUT2D eigenvalue weighted by Gasteiger charge is 2.68. The van der Waals surface area contributed by atoms with Gasteiger partial charge in [-0.25, -0.2) is 19.0 Å². The third kappa shape index (κ3) is 4.22. The monoisotopic (exact) mass is 694 g/mol. The largest absolute Gasteiger partial charge is 0.507 e. The van der Waals surface area contributed by atoms with E-state index >= 15 is 0 Å². The van der Waals surface area contributed by atoms with Gasteiger partial charge in [-0.05, 0) is 61.4 Å². The van der Waals surface area contributed by atoms with Crippen molar-refractivity contribution >= 4 is 63.3 Å². The maximum absolute atomic E-state index is 14.7. The van der Waals surface area contributed by atoms with Crippen LogP contribution in [0.2, 0.25) is 5.02 Å². The molecule has 50 heavy (non-hydrogen) atoms. The van der Waals surface area contributed by atoms with Crippen LogP contribution in [-0.4, -0.2) is 44.9 Å². The molecule has 0 aromatic heterocycles. The number of amides is 4. The first kappa shape index (κ1) is 31.7. The Balaban J connectivity index is 1.28. The van der Waals surface area contributed by atoms with Crippen LogP contribution in [0.1, 0.15) is 41.6 Å². The third-order valence-corrected chi connectivity index (χ3v) is 11.4. The number of allylic oxidation sites excluding steroid dienone is 2. The Kier molecular flexibility index (Phi) is 6.96. The number of imide groups is 2. The van der Waals surface area contributed by atoms with Crippen molar-refractivity contribution < 1.29 is 43.7 Å². The lowest BCUT2D eigenvalue weighted by Gasteiger charge is -2.49. The Morgan fingerprint density at radius 1 is 0.880 bits per heavy atom. The number of benzene rings is 4. The number of fused-ring (bicyclic) bond motifs is 5. The Bertz CT molecular complexity index is 2270. The minimum absolute atomic E-state index is 0.00862. The average Bonchev–Trinajstić information content (AvgIpc) is 3.46. The zero-order valence-corrected chi connectivity index (χ0v) is 27.1. The molecule has 4 aromatic rings. The molecule has 10 nitrogen and oxygen atoms in total. The van der Waals surface area contributed by atoms with E-state index in [1.807, 2.05) is 24.3 Å². The van der Waals surface area contributed by atoms with Gasteiger partial charge in [0.1, 0.15) is 22.9 Å². The standard InChI is InChI=1S/C38H28ClFN2O8/c1-38-26(34(46)42(37(38)50)18-8-13-28(40)27(39)14-18)16-25-21(31(38)24-9-6-17-4-2-3-5-20(17)32(24)44)11-12-23-30(25)35(47)41(33(23)45)19-7-10-22(36(48)49)29(43)15-19/h2-11,13-15,23,25-26,30-31,43-44H,12,16H2,1H3,(H,48,49)/t23-,25+,26-,30-,31+,38+/m0/s1. The first-order valence-corrected chi connectivity index (χ1v) is 16.4. The maximum Gasteiger partial charge on any atom is 0.339 e. The Morgan fingerprint density at radius 3 is 2.32 bits per heavy atom. The summed E-state index contributed by atoms with van der Waals surface area (Å²) in [5.41, 5.74) is -0.737. The van der Waals surface area contributed by atoms with Gasteiger partial charge in [0.05, 0.1) is 39.6 Å². The number of phenols is 2. The fourth-order valence-electron chi connectivity index (χ4n) is 8.83. The van der Waals surface area contributed by atoms with Gasteiger partial charge in [0.25, 0.3) is 0 Å². The number of hydrogen-bond acceptors (Lipinski definition) is 7. The molecule has 1 saturated carbocycles. The van der Waals surface area contributed by atoms with Crippen LogP contribution < -0.4 is 9.80 Å². The molecule has 252 valence electrons. The molecule has 4 aliphatic rings. The SMILES string of the molecule is C[C@@]12C(=O)N(c3ccc(F)c(Cl)c3)C(=O)[C@@H]1C[C@@H]1C(=CC[C@@H]3C(=O)N(c4ccc(C(=O)O)c(O)c4)C(=O)[C@@H]31)[C@@H]2c1ccc2ccccc2c1O. The second-order valence-electron chi connectivity index (χ2n) is 13.5. The molecule has 2 aliphatic carbocycles. The molecule has 0 spiro atoms. The van der Waals surface area contributed by atoms with Gasteiger partial charge in [-0.2, -0.15) is 0 Å². The fraction of sp³-hybridized carbons (Fsp3) is 0.237. The molecule has 0 radical (unpaired) electrons. The van der Waals surface area contributed by atoms with Crippen LogP contribution in [0.3, 0.4) is 0 Å². The lowest BCUT2D eigenvalue weighted by Crippen LogP contribution is -2.48. The highest BCUT2D eigenvalue weighted by atomic mass is 35.5. The number of aromatic carboxylic acids is 1. The summed E-state index contributed by atoms with van der Waals surface area (Å²) >= 11 is 6.08. The van der Waals surface area contributed by atoms with Crippen LogP contribution in [-0.2, 0) is 19.2 Å². The van der Waals surface area contributed by atoms with Crippen molar-refractivity contribution in [2.45, 2.75) is 25.7 Å². The minimum atomic E-state index is -1.46. The molecule has 0 unspecified atom stereocenters. The van der Waals surface area contributed by atoms with E-state index in [9.17, 15) is 43.7 Å². The topological polar surface area (TPSA) is 153 Å². The predicted molar refractivity (Wildman–Crippen MR) is 179 cm³/mol. The minimum Gasteiger partial charge on any atom is -0.507 e. The average molecular weight is 695 g/mol. The number of carboxylic acid groups (broad SMARTS) is 1. The molecular formula is C38H28ClFN2O8.